The molecule has 1 heterocycles. The van der Waals surface area contributed by atoms with Crippen molar-refractivity contribution in [1.82, 2.24) is 5.32 Å². The number of carbonyl (C=O) groups excluding carboxylic acids is 1. The van der Waals surface area contributed by atoms with E-state index in [0.29, 0.717) is 12.6 Å². The summed E-state index contributed by atoms with van der Waals surface area (Å²) < 4.78 is 0. The van der Waals surface area contributed by atoms with Gasteiger partial charge < -0.3 is 16.0 Å². The molecule has 0 fully saturated rings. The fourth-order valence-electron chi connectivity index (χ4n) is 2.44. The highest BCUT2D eigenvalue weighted by molar-refractivity contribution is 5.80. The lowest BCUT2D eigenvalue weighted by Gasteiger charge is -2.35. The Balaban J connectivity index is 2.26. The summed E-state index contributed by atoms with van der Waals surface area (Å²) in [6, 6.07) is 8.61. The summed E-state index contributed by atoms with van der Waals surface area (Å²) in [6.45, 7) is 4.24. The van der Waals surface area contributed by atoms with Crippen LogP contribution in [0.1, 0.15) is 24.9 Å². The van der Waals surface area contributed by atoms with E-state index in [2.05, 4.69) is 29.3 Å². The minimum Gasteiger partial charge on any atom is -0.368 e. The third-order valence-electron chi connectivity index (χ3n) is 3.14. The molecule has 92 valence electrons. The number of hydrogen-bond donors (Lipinski definition) is 2. The Morgan fingerprint density at radius 3 is 3.00 bits per heavy atom. The van der Waals surface area contributed by atoms with Gasteiger partial charge in [-0.3, -0.25) is 4.79 Å². The molecule has 2 rings (SSSR count). The quantitative estimate of drug-likeness (QED) is 0.816. The SMILES string of the molecule is CCNC1CCN(CC(N)=O)c2ccccc21. The Morgan fingerprint density at radius 1 is 1.53 bits per heavy atom. The van der Waals surface area contributed by atoms with Gasteiger partial charge in [0.05, 0.1) is 6.54 Å². The van der Waals surface area contributed by atoms with Crippen LogP contribution in [0.3, 0.4) is 0 Å². The molecule has 0 saturated carbocycles. The lowest BCUT2D eigenvalue weighted by atomic mass is 9.96. The number of nitrogens with one attached hydrogen (secondary N) is 1. The molecule has 4 nitrogen and oxygen atoms in total. The summed E-state index contributed by atoms with van der Waals surface area (Å²) in [7, 11) is 0. The van der Waals surface area contributed by atoms with E-state index in [1.54, 1.807) is 0 Å². The molecule has 1 unspecified atom stereocenters. The van der Waals surface area contributed by atoms with Crippen molar-refractivity contribution >= 4 is 11.6 Å². The molecular formula is C13H19N3O. The molecule has 1 aromatic rings. The largest absolute Gasteiger partial charge is 0.368 e. The first kappa shape index (κ1) is 11.9. The second-order valence-electron chi connectivity index (χ2n) is 4.35. The van der Waals surface area contributed by atoms with Crippen LogP contribution in [0.5, 0.6) is 0 Å². The van der Waals surface area contributed by atoms with E-state index >= 15 is 0 Å². The van der Waals surface area contributed by atoms with Crippen molar-refractivity contribution in [2.24, 2.45) is 5.73 Å². The van der Waals surface area contributed by atoms with Crippen LogP contribution in [-0.4, -0.2) is 25.5 Å². The van der Waals surface area contributed by atoms with E-state index in [9.17, 15) is 4.79 Å². The van der Waals surface area contributed by atoms with Crippen LogP contribution < -0.4 is 16.0 Å². The molecular weight excluding hydrogens is 214 g/mol. The number of rotatable bonds is 4. The molecule has 0 aromatic heterocycles. The predicted octanol–water partition coefficient (Wildman–Crippen LogP) is 1.03. The highest BCUT2D eigenvalue weighted by atomic mass is 16.1. The number of primary amides is 1. The van der Waals surface area contributed by atoms with Gasteiger partial charge in [-0.25, -0.2) is 0 Å². The first-order chi connectivity index (χ1) is 8.22. The Hall–Kier alpha value is -1.55. The molecule has 0 bridgehead atoms. The number of para-hydroxylation sites is 1. The fraction of sp³-hybridized carbons (Fsp3) is 0.462. The molecule has 0 saturated heterocycles. The zero-order chi connectivity index (χ0) is 12.3. The molecule has 17 heavy (non-hydrogen) atoms. The van der Waals surface area contributed by atoms with Crippen LogP contribution in [0, 0.1) is 0 Å². The number of amides is 1. The van der Waals surface area contributed by atoms with Gasteiger partial charge in [0.1, 0.15) is 0 Å². The fourth-order valence-corrected chi connectivity index (χ4v) is 2.44. The number of nitrogens with zero attached hydrogens (tertiary/aromatic N) is 1. The van der Waals surface area contributed by atoms with Crippen LogP contribution in [0.4, 0.5) is 5.69 Å². The Morgan fingerprint density at radius 2 is 2.29 bits per heavy atom. The second kappa shape index (κ2) is 5.19. The highest BCUT2D eigenvalue weighted by Crippen LogP contribution is 2.33. The van der Waals surface area contributed by atoms with Gasteiger partial charge >= 0.3 is 0 Å². The number of anilines is 1. The third kappa shape index (κ3) is 2.58. The Kier molecular flexibility index (Phi) is 3.64. The first-order valence-electron chi connectivity index (χ1n) is 6.08. The molecule has 0 spiro atoms. The summed E-state index contributed by atoms with van der Waals surface area (Å²) in [5.41, 5.74) is 7.67. The average Bonchev–Trinajstić information content (AvgIpc) is 2.32. The number of benzene rings is 1. The lowest BCUT2D eigenvalue weighted by Crippen LogP contribution is -2.40. The van der Waals surface area contributed by atoms with Gasteiger partial charge in [-0.15, -0.1) is 0 Å². The van der Waals surface area contributed by atoms with E-state index in [4.69, 9.17) is 5.73 Å². The molecule has 1 amide bonds. The van der Waals surface area contributed by atoms with E-state index in [1.807, 2.05) is 12.1 Å². The van der Waals surface area contributed by atoms with Crippen molar-refractivity contribution in [2.75, 3.05) is 24.5 Å². The summed E-state index contributed by atoms with van der Waals surface area (Å²) in [5, 5.41) is 3.47. The summed E-state index contributed by atoms with van der Waals surface area (Å²) in [4.78, 5) is 13.1. The summed E-state index contributed by atoms with van der Waals surface area (Å²) in [5.74, 6) is -0.276. The lowest BCUT2D eigenvalue weighted by molar-refractivity contribution is -0.116. The first-order valence-corrected chi connectivity index (χ1v) is 6.08. The van der Waals surface area contributed by atoms with Gasteiger partial charge in [0, 0.05) is 18.3 Å². The third-order valence-corrected chi connectivity index (χ3v) is 3.14. The molecule has 4 heteroatoms. The molecule has 1 aromatic carbocycles. The predicted molar refractivity (Wildman–Crippen MR) is 68.9 cm³/mol. The zero-order valence-corrected chi connectivity index (χ0v) is 10.1. The van der Waals surface area contributed by atoms with Crippen LogP contribution >= 0.6 is 0 Å². The van der Waals surface area contributed by atoms with E-state index in [0.717, 1.165) is 25.2 Å². The smallest absolute Gasteiger partial charge is 0.236 e. The van der Waals surface area contributed by atoms with Crippen LogP contribution in [0.2, 0.25) is 0 Å². The molecule has 1 aliphatic heterocycles. The summed E-state index contributed by atoms with van der Waals surface area (Å²) >= 11 is 0. The minimum absolute atomic E-state index is 0.276. The van der Waals surface area contributed by atoms with Gasteiger partial charge in [-0.05, 0) is 24.6 Å². The van der Waals surface area contributed by atoms with Gasteiger partial charge in [0.2, 0.25) is 5.91 Å². The minimum atomic E-state index is -0.276. The van der Waals surface area contributed by atoms with Crippen molar-refractivity contribution in [3.05, 3.63) is 29.8 Å². The van der Waals surface area contributed by atoms with Crippen molar-refractivity contribution in [2.45, 2.75) is 19.4 Å². The molecule has 1 aliphatic rings. The number of carbonyl (C=O) groups is 1. The van der Waals surface area contributed by atoms with Crippen LogP contribution in [0.25, 0.3) is 0 Å². The highest BCUT2D eigenvalue weighted by Gasteiger charge is 2.24. The number of hydrogen-bond acceptors (Lipinski definition) is 3. The molecule has 3 N–H and O–H groups in total. The van der Waals surface area contributed by atoms with Crippen LogP contribution in [-0.2, 0) is 4.79 Å². The Labute approximate surface area is 102 Å². The van der Waals surface area contributed by atoms with E-state index < -0.39 is 0 Å². The topological polar surface area (TPSA) is 58.4 Å². The maximum Gasteiger partial charge on any atom is 0.236 e. The standard InChI is InChI=1S/C13H19N3O/c1-2-15-11-7-8-16(9-13(14)17)12-6-4-3-5-10(11)12/h3-6,11,15H,2,7-9H2,1H3,(H2,14,17). The van der Waals surface area contributed by atoms with Crippen molar-refractivity contribution in [3.8, 4) is 0 Å². The maximum absolute atomic E-state index is 11.0. The monoisotopic (exact) mass is 233 g/mol. The molecule has 0 aliphatic carbocycles. The molecule has 1 atom stereocenters. The Bertz CT molecular complexity index is 405. The van der Waals surface area contributed by atoms with Crippen molar-refractivity contribution < 1.29 is 4.79 Å². The summed E-state index contributed by atoms with van der Waals surface area (Å²) in [6.07, 6.45) is 1.01. The van der Waals surface area contributed by atoms with Gasteiger partial charge in [0.25, 0.3) is 0 Å². The average molecular weight is 233 g/mol. The number of fused-ring (bicyclic) bond motifs is 1. The van der Waals surface area contributed by atoms with Gasteiger partial charge in [0.15, 0.2) is 0 Å². The molecule has 0 radical (unpaired) electrons. The second-order valence-corrected chi connectivity index (χ2v) is 4.35. The van der Waals surface area contributed by atoms with Crippen molar-refractivity contribution in [3.63, 3.8) is 0 Å². The maximum atomic E-state index is 11.0. The normalized spacial score (nSPS) is 18.9. The van der Waals surface area contributed by atoms with E-state index in [1.165, 1.54) is 5.56 Å². The van der Waals surface area contributed by atoms with Gasteiger partial charge in [-0.2, -0.15) is 0 Å². The van der Waals surface area contributed by atoms with Gasteiger partial charge in [-0.1, -0.05) is 25.1 Å². The van der Waals surface area contributed by atoms with E-state index in [-0.39, 0.29) is 5.91 Å². The van der Waals surface area contributed by atoms with Crippen molar-refractivity contribution in [1.29, 1.82) is 0 Å². The zero-order valence-electron chi connectivity index (χ0n) is 10.1. The van der Waals surface area contributed by atoms with Crippen LogP contribution in [0.15, 0.2) is 24.3 Å². The number of nitrogens with two attached hydrogens (primary N) is 1.